The molecule has 0 saturated carbocycles. The quantitative estimate of drug-likeness (QED) is 0.0678. The minimum Gasteiger partial charge on any atom is -0.507 e. The number of aliphatic hydroxyl groups is 7. The molecule has 30 nitrogen and oxygen atoms in total. The van der Waals surface area contributed by atoms with Crippen LogP contribution in [0.4, 0.5) is 0 Å². The number of Topliss-reactive ketones (excluding diaryl/α,β-unsaturated/α-hetero) is 2. The fourth-order valence-corrected chi connectivity index (χ4v) is 12.4. The van der Waals surface area contributed by atoms with Gasteiger partial charge in [-0.3, -0.25) is 28.8 Å². The van der Waals surface area contributed by atoms with Gasteiger partial charge in [-0.1, -0.05) is 0 Å². The van der Waals surface area contributed by atoms with Crippen LogP contribution in [-0.2, 0) is 87.2 Å². The zero-order valence-corrected chi connectivity index (χ0v) is 51.3. The molecule has 0 amide bonds. The Hall–Kier alpha value is -5.36. The van der Waals surface area contributed by atoms with Gasteiger partial charge in [0.15, 0.2) is 42.8 Å². The van der Waals surface area contributed by atoms with Crippen molar-refractivity contribution in [2.24, 2.45) is 5.92 Å². The Morgan fingerprint density at radius 1 is 0.644 bits per heavy atom. The summed E-state index contributed by atoms with van der Waals surface area (Å²) in [6.45, 7) is 11.8. The molecule has 90 heavy (non-hydrogen) atoms. The highest BCUT2D eigenvalue weighted by Gasteiger charge is 2.52. The summed E-state index contributed by atoms with van der Waals surface area (Å²) in [5.74, 6) is -9.13. The highest BCUT2D eigenvalue weighted by atomic mass is 16.7. The summed E-state index contributed by atoms with van der Waals surface area (Å²) in [4.78, 5) is 77.0. The van der Waals surface area contributed by atoms with E-state index in [4.69, 9.17) is 71.8 Å². The molecule has 5 fully saturated rings. The van der Waals surface area contributed by atoms with Crippen molar-refractivity contribution in [1.82, 2.24) is 0 Å². The Labute approximate surface area is 517 Å². The van der Waals surface area contributed by atoms with Gasteiger partial charge >= 0.3 is 23.9 Å². The number of benzene rings is 2. The minimum atomic E-state index is -2.12. The zero-order valence-electron chi connectivity index (χ0n) is 51.3. The summed E-state index contributed by atoms with van der Waals surface area (Å²) in [6, 6.07) is 2.89. The third-order valence-corrected chi connectivity index (χ3v) is 17.5. The molecule has 0 spiro atoms. The van der Waals surface area contributed by atoms with Crippen molar-refractivity contribution in [2.75, 3.05) is 7.11 Å². The average Bonchev–Trinajstić information content (AvgIpc) is 0.738. The first-order valence-electron chi connectivity index (χ1n) is 30.1. The molecular weight excluding hydrogens is 1200 g/mol. The monoisotopic (exact) mass is 1280 g/mol. The van der Waals surface area contributed by atoms with Gasteiger partial charge in [0, 0.05) is 50.7 Å². The number of hydrogen-bond donors (Lipinski definition) is 11. The first-order chi connectivity index (χ1) is 42.3. The van der Waals surface area contributed by atoms with Crippen LogP contribution in [0.2, 0.25) is 0 Å². The Bertz CT molecular complexity index is 2900. The maximum Gasteiger partial charge on any atom is 0.306 e. The molecule has 11 N–H and O–H groups in total. The second-order valence-electron chi connectivity index (χ2n) is 24.4. The van der Waals surface area contributed by atoms with Gasteiger partial charge in [0.1, 0.15) is 72.2 Å². The number of fused-ring (bicyclic) bond motifs is 2. The molecule has 0 aromatic heterocycles. The molecule has 6 aliphatic rings. The normalized spacial score (nSPS) is 37.5. The molecule has 25 atom stereocenters. The van der Waals surface area contributed by atoms with Gasteiger partial charge in [-0.15, -0.1) is 0 Å². The fourth-order valence-electron chi connectivity index (χ4n) is 12.4. The van der Waals surface area contributed by atoms with E-state index in [0.717, 1.165) is 7.11 Å². The number of methoxy groups -OCH3 is 1. The molecule has 5 aliphatic heterocycles. The van der Waals surface area contributed by atoms with Gasteiger partial charge in [-0.25, -0.2) is 0 Å². The zero-order chi connectivity index (χ0) is 66.1. The van der Waals surface area contributed by atoms with Crippen molar-refractivity contribution in [3.8, 4) is 17.2 Å². The van der Waals surface area contributed by atoms with Gasteiger partial charge in [0.25, 0.3) is 0 Å². The number of ether oxygens (including phenoxy) is 13. The molecule has 5 unspecified atom stereocenters. The first kappa shape index (κ1) is 70.5. The maximum atomic E-state index is 15.3. The third-order valence-electron chi connectivity index (χ3n) is 17.5. The smallest absolute Gasteiger partial charge is 0.306 e. The van der Waals surface area contributed by atoms with Crippen LogP contribution < -0.4 is 4.74 Å². The van der Waals surface area contributed by atoms with E-state index in [1.54, 1.807) is 20.8 Å². The summed E-state index contributed by atoms with van der Waals surface area (Å²) in [7, 11) is 1.11. The number of esters is 2. The van der Waals surface area contributed by atoms with Crippen molar-refractivity contribution >= 4 is 46.2 Å². The van der Waals surface area contributed by atoms with E-state index < -0.39 is 225 Å². The second-order valence-corrected chi connectivity index (χ2v) is 24.4. The number of carboxylic acid groups (broad SMARTS) is 2. The largest absolute Gasteiger partial charge is 0.507 e. The van der Waals surface area contributed by atoms with Crippen LogP contribution in [0, 0.1) is 12.8 Å². The van der Waals surface area contributed by atoms with Crippen LogP contribution in [-0.4, -0.2) is 246 Å². The first-order valence-corrected chi connectivity index (χ1v) is 30.1. The number of aromatic hydroxyl groups is 2. The predicted molar refractivity (Wildman–Crippen MR) is 300 cm³/mol. The third kappa shape index (κ3) is 16.0. The number of aliphatic hydroxyl groups excluding tert-OH is 6. The molecule has 2 aromatic rings. The Morgan fingerprint density at radius 3 is 1.63 bits per heavy atom. The lowest BCUT2D eigenvalue weighted by molar-refractivity contribution is -0.334. The fraction of sp³-hybridized carbons (Fsp3) is 0.733. The van der Waals surface area contributed by atoms with E-state index in [1.165, 1.54) is 46.8 Å². The minimum absolute atomic E-state index is 0.00300. The number of carboxylic acids is 2. The molecule has 0 bridgehead atoms. The molecule has 1 aliphatic carbocycles. The predicted octanol–water partition coefficient (Wildman–Crippen LogP) is 0.582. The van der Waals surface area contributed by atoms with Crippen LogP contribution in [0.15, 0.2) is 12.1 Å². The number of hydrogen-bond acceptors (Lipinski definition) is 28. The number of ketones is 2. The standard InChI is InChI=1S/C60H84O30/c1-22-32(86-41-18-34(50(69)24(3)80-41)87-42-17-33(49(68)23(2)81-42)85-40(66)13-11-38(63)64)16-30-14-29-15-31(57(78-9)56(75)53(72)27(6)79-39(65)12-10-37(61)62)58(55(74)47(29)54(73)46(30)48(22)67)90-44-20-35(51(70)26(5)83-44)88-43-19-36(52(71)25(4)82-43)89-45-21-60(8,77)59(76)28(7)84-45/h14,16,23-28,31,33-36,41-45,49-53,57-59,67-73,76-77H,10-13,15,17-21H2,1-9H3,(H,61,62)(H,63,64)/t23?,24?,25?,26?,27-,28?,31+,33-,34-,35-,36-,41+,42+,43+,44+,45+,49-,50-,51-,52+,53+,57+,58+,59-,60+/m1/s1. The highest BCUT2D eigenvalue weighted by Crippen LogP contribution is 2.48. The topological polar surface area (TPSA) is 445 Å². The molecular formula is C60H84O30. The maximum absolute atomic E-state index is 15.3. The van der Waals surface area contributed by atoms with Gasteiger partial charge in [-0.05, 0) is 84.9 Å². The van der Waals surface area contributed by atoms with Gasteiger partial charge < -0.3 is 118 Å². The van der Waals surface area contributed by atoms with Gasteiger partial charge in [0.2, 0.25) is 6.29 Å². The lowest BCUT2D eigenvalue weighted by atomic mass is 9.75. The summed E-state index contributed by atoms with van der Waals surface area (Å²) >= 11 is 0. The van der Waals surface area contributed by atoms with Crippen molar-refractivity contribution in [1.29, 1.82) is 0 Å². The molecule has 504 valence electrons. The van der Waals surface area contributed by atoms with Crippen LogP contribution in [0.25, 0.3) is 10.8 Å². The van der Waals surface area contributed by atoms with Crippen LogP contribution in [0.3, 0.4) is 0 Å². The van der Waals surface area contributed by atoms with Crippen LogP contribution in [0.1, 0.15) is 128 Å². The van der Waals surface area contributed by atoms with Crippen molar-refractivity contribution in [3.05, 3.63) is 28.8 Å². The van der Waals surface area contributed by atoms with Crippen LogP contribution in [0.5, 0.6) is 17.2 Å². The van der Waals surface area contributed by atoms with E-state index in [-0.39, 0.29) is 71.7 Å². The van der Waals surface area contributed by atoms with Crippen molar-refractivity contribution < 1.29 is 147 Å². The molecule has 2 aromatic carbocycles. The number of rotatable bonds is 23. The number of phenols is 2. The Morgan fingerprint density at radius 2 is 1.11 bits per heavy atom. The number of carbonyl (C=O) groups is 6. The lowest BCUT2D eigenvalue weighted by Gasteiger charge is -2.46. The molecule has 8 rings (SSSR count). The molecule has 5 saturated heterocycles. The van der Waals surface area contributed by atoms with Crippen molar-refractivity contribution in [2.45, 2.75) is 267 Å². The highest BCUT2D eigenvalue weighted by molar-refractivity contribution is 6.11. The van der Waals surface area contributed by atoms with Crippen molar-refractivity contribution in [3.63, 3.8) is 0 Å². The van der Waals surface area contributed by atoms with Gasteiger partial charge in [-0.2, -0.15) is 0 Å². The van der Waals surface area contributed by atoms with E-state index in [0.29, 0.717) is 0 Å². The Balaban J connectivity index is 1.05. The lowest BCUT2D eigenvalue weighted by Crippen LogP contribution is -2.58. The van der Waals surface area contributed by atoms with E-state index in [9.17, 15) is 69.9 Å². The van der Waals surface area contributed by atoms with E-state index >= 15 is 4.79 Å². The van der Waals surface area contributed by atoms with E-state index in [1.807, 2.05) is 0 Å². The summed E-state index contributed by atoms with van der Waals surface area (Å²) < 4.78 is 77.7. The average molecular weight is 1290 g/mol. The SMILES string of the molecule is CO[C@H](C(=O)[C@@H](O)[C@@H](C)OC(=O)CCC(=O)O)[C@@H]1Cc2cc3cc(O[C@H]4C[C@@H](O[C@H]5C[C@@H](OC(=O)CCC(=O)O)[C@H](O)C(C)O5)[C@H](O)C(C)O4)c(C)c(O)c3c(O)c2C(=O)[C@H]1O[C@H]1C[C@@H](O[C@H]2C[C@@H](O[C@H]3C[C@](C)(O)[C@H](O)C(C)O3)[C@@H](O)C(C)O2)[C@H](O)C(C)O1. The number of aliphatic carboxylic acids is 2. The van der Waals surface area contributed by atoms with E-state index in [2.05, 4.69) is 0 Å². The van der Waals surface area contributed by atoms with Crippen LogP contribution >= 0.6 is 0 Å². The number of phenolic OH excluding ortho intramolecular Hbond substituents is 2. The molecule has 0 radical (unpaired) electrons. The second kappa shape index (κ2) is 29.3. The Kier molecular flexibility index (Phi) is 22.9. The van der Waals surface area contributed by atoms with Gasteiger partial charge in [0.05, 0.1) is 91.1 Å². The number of carbonyl (C=O) groups excluding carboxylic acids is 4. The molecule has 5 heterocycles. The summed E-state index contributed by atoms with van der Waals surface area (Å²) in [5, 5.41) is 120. The summed E-state index contributed by atoms with van der Waals surface area (Å²) in [6.07, 6.45) is -32.0. The summed E-state index contributed by atoms with van der Waals surface area (Å²) in [5.41, 5.74) is -1.79. The molecule has 30 heteroatoms.